The van der Waals surface area contributed by atoms with Gasteiger partial charge in [0.25, 0.3) is 5.91 Å². The highest BCUT2D eigenvalue weighted by atomic mass is 16.5. The lowest BCUT2D eigenvalue weighted by Gasteiger charge is -2.31. The predicted molar refractivity (Wildman–Crippen MR) is 107 cm³/mol. The number of amides is 1. The van der Waals surface area contributed by atoms with Crippen molar-refractivity contribution in [2.75, 3.05) is 13.7 Å². The number of benzene rings is 1. The topological polar surface area (TPSA) is 64.4 Å². The first-order valence-electron chi connectivity index (χ1n) is 9.99. The van der Waals surface area contributed by atoms with Crippen LogP contribution in [0, 0.1) is 13.8 Å². The summed E-state index contributed by atoms with van der Waals surface area (Å²) in [5, 5.41) is 4.55. The average Bonchev–Trinajstić information content (AvgIpc) is 3.01. The highest BCUT2D eigenvalue weighted by molar-refractivity contribution is 5.81. The van der Waals surface area contributed by atoms with Gasteiger partial charge in [-0.2, -0.15) is 5.10 Å². The van der Waals surface area contributed by atoms with Crippen LogP contribution in [0.2, 0.25) is 0 Å². The van der Waals surface area contributed by atoms with Crippen LogP contribution in [-0.4, -0.2) is 46.3 Å². The van der Waals surface area contributed by atoms with Gasteiger partial charge in [0.05, 0.1) is 17.8 Å². The zero-order valence-corrected chi connectivity index (χ0v) is 17.0. The molecule has 1 aliphatic carbocycles. The molecule has 1 heterocycles. The number of rotatable bonds is 6. The van der Waals surface area contributed by atoms with Gasteiger partial charge in [-0.05, 0) is 38.8 Å². The third-order valence-electron chi connectivity index (χ3n) is 5.64. The SMILES string of the molecule is Cc1nn(-c2ccccc2)c(C)c1CC(=O)OCC(=O)N(C)C1CCCCC1. The van der Waals surface area contributed by atoms with Crippen molar-refractivity contribution in [1.82, 2.24) is 14.7 Å². The van der Waals surface area contributed by atoms with Crippen LogP contribution in [0.4, 0.5) is 0 Å². The minimum atomic E-state index is -0.399. The Hall–Kier alpha value is -2.63. The van der Waals surface area contributed by atoms with Crippen LogP contribution in [0.25, 0.3) is 5.69 Å². The Morgan fingerprint density at radius 2 is 1.82 bits per heavy atom. The molecule has 0 unspecified atom stereocenters. The highest BCUT2D eigenvalue weighted by Crippen LogP contribution is 2.22. The van der Waals surface area contributed by atoms with Crippen molar-refractivity contribution in [2.45, 2.75) is 58.4 Å². The Kier molecular flexibility index (Phi) is 6.49. The molecule has 28 heavy (non-hydrogen) atoms. The standard InChI is InChI=1S/C22H29N3O3/c1-16-20(17(2)25(23-16)19-12-8-5-9-13-19)14-22(27)28-15-21(26)24(3)18-10-6-4-7-11-18/h5,8-9,12-13,18H,4,6-7,10-11,14-15H2,1-3H3. The molecule has 3 rings (SSSR count). The molecule has 1 aliphatic rings. The molecule has 0 N–H and O–H groups in total. The van der Waals surface area contributed by atoms with Crippen molar-refractivity contribution in [3.63, 3.8) is 0 Å². The summed E-state index contributed by atoms with van der Waals surface area (Å²) in [4.78, 5) is 26.4. The number of para-hydroxylation sites is 1. The maximum Gasteiger partial charge on any atom is 0.310 e. The number of hydrogen-bond donors (Lipinski definition) is 0. The summed E-state index contributed by atoms with van der Waals surface area (Å²) < 4.78 is 7.11. The molecular weight excluding hydrogens is 354 g/mol. The van der Waals surface area contributed by atoms with Gasteiger partial charge in [0.2, 0.25) is 0 Å². The molecule has 0 atom stereocenters. The molecule has 1 saturated carbocycles. The Bertz CT molecular complexity index is 823. The van der Waals surface area contributed by atoms with Gasteiger partial charge in [0, 0.05) is 24.3 Å². The molecule has 0 radical (unpaired) electrons. The maximum atomic E-state index is 12.4. The lowest BCUT2D eigenvalue weighted by Crippen LogP contribution is -2.40. The van der Waals surface area contributed by atoms with E-state index < -0.39 is 5.97 Å². The van der Waals surface area contributed by atoms with Crippen molar-refractivity contribution in [1.29, 1.82) is 0 Å². The molecule has 0 saturated heterocycles. The van der Waals surface area contributed by atoms with Gasteiger partial charge in [-0.15, -0.1) is 0 Å². The molecule has 0 bridgehead atoms. The van der Waals surface area contributed by atoms with E-state index in [9.17, 15) is 9.59 Å². The number of carbonyl (C=O) groups excluding carboxylic acids is 2. The summed E-state index contributed by atoms with van der Waals surface area (Å²) in [6, 6.07) is 10.1. The molecule has 6 nitrogen and oxygen atoms in total. The van der Waals surface area contributed by atoms with Gasteiger partial charge < -0.3 is 9.64 Å². The maximum absolute atomic E-state index is 12.4. The van der Waals surface area contributed by atoms with E-state index in [-0.39, 0.29) is 25.0 Å². The molecule has 1 fully saturated rings. The van der Waals surface area contributed by atoms with E-state index in [0.717, 1.165) is 48.3 Å². The van der Waals surface area contributed by atoms with Gasteiger partial charge in [-0.25, -0.2) is 4.68 Å². The van der Waals surface area contributed by atoms with E-state index in [2.05, 4.69) is 5.10 Å². The Balaban J connectivity index is 1.58. The minimum Gasteiger partial charge on any atom is -0.455 e. The van der Waals surface area contributed by atoms with Gasteiger partial charge in [0.1, 0.15) is 0 Å². The fourth-order valence-electron chi connectivity index (χ4n) is 3.86. The minimum absolute atomic E-state index is 0.116. The molecule has 150 valence electrons. The summed E-state index contributed by atoms with van der Waals surface area (Å²) in [5.74, 6) is -0.530. The molecule has 2 aromatic rings. The van der Waals surface area contributed by atoms with Crippen LogP contribution in [0.1, 0.15) is 49.1 Å². The van der Waals surface area contributed by atoms with Crippen LogP contribution in [0.15, 0.2) is 30.3 Å². The van der Waals surface area contributed by atoms with E-state index in [1.54, 1.807) is 4.90 Å². The fourth-order valence-corrected chi connectivity index (χ4v) is 3.86. The van der Waals surface area contributed by atoms with Gasteiger partial charge in [-0.1, -0.05) is 37.5 Å². The summed E-state index contributed by atoms with van der Waals surface area (Å²) in [6.45, 7) is 3.63. The second-order valence-corrected chi connectivity index (χ2v) is 7.53. The molecule has 6 heteroatoms. The number of aromatic nitrogens is 2. The Morgan fingerprint density at radius 3 is 2.50 bits per heavy atom. The summed E-state index contributed by atoms with van der Waals surface area (Å²) in [6.07, 6.45) is 5.74. The quantitative estimate of drug-likeness (QED) is 0.718. The van der Waals surface area contributed by atoms with E-state index in [0.29, 0.717) is 0 Å². The fraction of sp³-hybridized carbons (Fsp3) is 0.500. The summed E-state index contributed by atoms with van der Waals surface area (Å²) >= 11 is 0. The molecular formula is C22H29N3O3. The molecule has 1 aromatic carbocycles. The van der Waals surface area contributed by atoms with Crippen LogP contribution in [0.5, 0.6) is 0 Å². The van der Waals surface area contributed by atoms with E-state index in [1.807, 2.05) is 55.9 Å². The first-order valence-corrected chi connectivity index (χ1v) is 9.99. The Labute approximate surface area is 166 Å². The lowest BCUT2D eigenvalue weighted by molar-refractivity contribution is -0.152. The van der Waals surface area contributed by atoms with Gasteiger partial charge in [0.15, 0.2) is 6.61 Å². The number of hydrogen-bond acceptors (Lipinski definition) is 4. The predicted octanol–water partition coefficient (Wildman–Crippen LogP) is 3.37. The third-order valence-corrected chi connectivity index (χ3v) is 5.64. The van der Waals surface area contributed by atoms with Gasteiger partial charge >= 0.3 is 5.97 Å². The van der Waals surface area contributed by atoms with E-state index in [1.165, 1.54) is 6.42 Å². The number of aryl methyl sites for hydroxylation is 1. The van der Waals surface area contributed by atoms with Crippen LogP contribution in [-0.2, 0) is 20.7 Å². The molecule has 1 aromatic heterocycles. The second-order valence-electron chi connectivity index (χ2n) is 7.53. The van der Waals surface area contributed by atoms with Crippen LogP contribution >= 0.6 is 0 Å². The second kappa shape index (κ2) is 9.04. The van der Waals surface area contributed by atoms with Crippen molar-refractivity contribution < 1.29 is 14.3 Å². The zero-order valence-electron chi connectivity index (χ0n) is 17.0. The first kappa shape index (κ1) is 20.1. The summed E-state index contributed by atoms with van der Waals surface area (Å²) in [5.41, 5.74) is 3.50. The molecule has 0 aliphatic heterocycles. The first-order chi connectivity index (χ1) is 13.5. The smallest absolute Gasteiger partial charge is 0.310 e. The van der Waals surface area contributed by atoms with Crippen molar-refractivity contribution in [2.24, 2.45) is 0 Å². The van der Waals surface area contributed by atoms with Crippen molar-refractivity contribution >= 4 is 11.9 Å². The molecule has 1 amide bonds. The highest BCUT2D eigenvalue weighted by Gasteiger charge is 2.23. The largest absolute Gasteiger partial charge is 0.455 e. The van der Waals surface area contributed by atoms with Crippen LogP contribution in [0.3, 0.4) is 0 Å². The molecule has 0 spiro atoms. The number of likely N-dealkylation sites (N-methyl/N-ethyl adjacent to an activating group) is 1. The van der Waals surface area contributed by atoms with Crippen molar-refractivity contribution in [3.05, 3.63) is 47.3 Å². The van der Waals surface area contributed by atoms with E-state index >= 15 is 0 Å². The van der Waals surface area contributed by atoms with Crippen molar-refractivity contribution in [3.8, 4) is 5.69 Å². The third kappa shape index (κ3) is 4.61. The van der Waals surface area contributed by atoms with Gasteiger partial charge in [-0.3, -0.25) is 9.59 Å². The number of ether oxygens (including phenoxy) is 1. The monoisotopic (exact) mass is 383 g/mol. The number of esters is 1. The average molecular weight is 383 g/mol. The zero-order chi connectivity index (χ0) is 20.1. The lowest BCUT2D eigenvalue weighted by atomic mass is 9.94. The number of nitrogens with zero attached hydrogens (tertiary/aromatic N) is 3. The summed E-state index contributed by atoms with van der Waals surface area (Å²) in [7, 11) is 1.81. The number of carbonyl (C=O) groups is 2. The van der Waals surface area contributed by atoms with Crippen LogP contribution < -0.4 is 0 Å². The Morgan fingerprint density at radius 1 is 1.14 bits per heavy atom. The van der Waals surface area contributed by atoms with E-state index in [4.69, 9.17) is 4.74 Å². The normalized spacial score (nSPS) is 14.7.